The fourth-order valence-electron chi connectivity index (χ4n) is 2.18. The van der Waals surface area contributed by atoms with Crippen molar-refractivity contribution in [2.75, 3.05) is 19.4 Å². The van der Waals surface area contributed by atoms with Gasteiger partial charge in [-0.25, -0.2) is 0 Å². The lowest BCUT2D eigenvalue weighted by Gasteiger charge is -2.16. The first kappa shape index (κ1) is 15.5. The molecule has 5 nitrogen and oxygen atoms in total. The highest BCUT2D eigenvalue weighted by Gasteiger charge is 2.31. The topological polar surface area (TPSA) is 69.7 Å². The summed E-state index contributed by atoms with van der Waals surface area (Å²) in [4.78, 5) is 23.3. The lowest BCUT2D eigenvalue weighted by Crippen LogP contribution is -2.16. The second-order valence-electron chi connectivity index (χ2n) is 4.40. The first-order valence-corrected chi connectivity index (χ1v) is 8.16. The Balaban J connectivity index is 2.50. The highest BCUT2D eigenvalue weighted by atomic mass is 31.2. The summed E-state index contributed by atoms with van der Waals surface area (Å²) >= 11 is 0. The molecule has 0 aromatic carbocycles. The molecule has 104 valence electrons. The Hall–Kier alpha value is -0.510. The van der Waals surface area contributed by atoms with E-state index in [1.165, 1.54) is 0 Å². The second-order valence-corrected chi connectivity index (χ2v) is 6.46. The molecule has 1 rings (SSSR count). The van der Waals surface area contributed by atoms with E-state index in [0.29, 0.717) is 6.42 Å². The Morgan fingerprint density at radius 1 is 1.33 bits per heavy atom. The van der Waals surface area contributed by atoms with Crippen molar-refractivity contribution in [3.63, 3.8) is 0 Å². The molecular weight excluding hydrogens is 255 g/mol. The molecule has 0 aliphatic heterocycles. The van der Waals surface area contributed by atoms with Crippen molar-refractivity contribution in [3.8, 4) is 0 Å². The van der Waals surface area contributed by atoms with Gasteiger partial charge in [-0.15, -0.1) is 0 Å². The maximum atomic E-state index is 12.1. The van der Waals surface area contributed by atoms with E-state index in [-0.39, 0.29) is 43.3 Å². The predicted octanol–water partition coefficient (Wildman–Crippen LogP) is 2.58. The molecule has 0 amide bonds. The zero-order chi connectivity index (χ0) is 13.6. The summed E-state index contributed by atoms with van der Waals surface area (Å²) in [5.74, 6) is -0.249. The minimum Gasteiger partial charge on any atom is -0.309 e. The molecule has 0 radical (unpaired) electrons. The molecule has 6 heteroatoms. The van der Waals surface area contributed by atoms with Gasteiger partial charge in [0.25, 0.3) is 0 Å². The van der Waals surface area contributed by atoms with Crippen LogP contribution in [-0.2, 0) is 23.2 Å². The number of carbonyl (C=O) groups is 2. The van der Waals surface area contributed by atoms with Crippen LogP contribution in [-0.4, -0.2) is 30.9 Å². The largest absolute Gasteiger partial charge is 0.338 e. The fraction of sp³-hybridized carbons (Fsp3) is 0.833. The smallest absolute Gasteiger partial charge is 0.309 e. The average Bonchev–Trinajstić information content (AvgIpc) is 2.64. The Morgan fingerprint density at radius 2 is 1.94 bits per heavy atom. The van der Waals surface area contributed by atoms with Gasteiger partial charge in [0.05, 0.1) is 13.2 Å². The van der Waals surface area contributed by atoms with Gasteiger partial charge < -0.3 is 9.05 Å². The third kappa shape index (κ3) is 4.63. The van der Waals surface area contributed by atoms with Gasteiger partial charge in [0.15, 0.2) is 0 Å². The predicted molar refractivity (Wildman–Crippen MR) is 67.7 cm³/mol. The summed E-state index contributed by atoms with van der Waals surface area (Å²) in [5, 5.41) is 0. The van der Waals surface area contributed by atoms with Crippen molar-refractivity contribution in [2.24, 2.45) is 5.92 Å². The summed E-state index contributed by atoms with van der Waals surface area (Å²) in [5.41, 5.74) is 0. The van der Waals surface area contributed by atoms with Crippen molar-refractivity contribution >= 4 is 19.2 Å². The van der Waals surface area contributed by atoms with E-state index in [2.05, 4.69) is 0 Å². The van der Waals surface area contributed by atoms with Crippen LogP contribution in [0.5, 0.6) is 0 Å². The van der Waals surface area contributed by atoms with E-state index in [0.717, 1.165) is 12.8 Å². The lowest BCUT2D eigenvalue weighted by atomic mass is 10.0. The summed E-state index contributed by atoms with van der Waals surface area (Å²) < 4.78 is 22.2. The molecule has 1 aliphatic rings. The van der Waals surface area contributed by atoms with Gasteiger partial charge in [-0.2, -0.15) is 0 Å². The molecule has 0 aromatic rings. The number of ketones is 2. The molecule has 1 aliphatic carbocycles. The Labute approximate surface area is 108 Å². The number of hydrogen-bond donors (Lipinski definition) is 0. The lowest BCUT2D eigenvalue weighted by molar-refractivity contribution is -0.125. The molecule has 18 heavy (non-hydrogen) atoms. The van der Waals surface area contributed by atoms with E-state index in [4.69, 9.17) is 9.05 Å². The first-order valence-electron chi connectivity index (χ1n) is 6.43. The van der Waals surface area contributed by atoms with Crippen LogP contribution in [0.15, 0.2) is 0 Å². The standard InChI is InChI=1S/C12H21O5P/c1-3-16-18(15,17-4-2)9-11(13)8-10-6-5-7-12(10)14/h10H,3-9H2,1-2H3. The van der Waals surface area contributed by atoms with E-state index >= 15 is 0 Å². The zero-order valence-corrected chi connectivity index (χ0v) is 11.9. The highest BCUT2D eigenvalue weighted by molar-refractivity contribution is 7.54. The summed E-state index contributed by atoms with van der Waals surface area (Å²) in [7, 11) is -3.31. The Kier molecular flexibility index (Phi) is 6.19. The third-order valence-corrected chi connectivity index (χ3v) is 4.97. The summed E-state index contributed by atoms with van der Waals surface area (Å²) in [6.07, 6.45) is 2.12. The minimum atomic E-state index is -3.31. The molecular formula is C12H21O5P. The van der Waals surface area contributed by atoms with Gasteiger partial charge in [0.1, 0.15) is 17.7 Å². The quantitative estimate of drug-likeness (QED) is 0.637. The molecule has 1 fully saturated rings. The number of hydrogen-bond acceptors (Lipinski definition) is 5. The van der Waals surface area contributed by atoms with Crippen LogP contribution in [0.3, 0.4) is 0 Å². The van der Waals surface area contributed by atoms with Gasteiger partial charge in [0, 0.05) is 18.8 Å². The average molecular weight is 276 g/mol. The maximum Gasteiger partial charge on any atom is 0.338 e. The molecule has 1 atom stereocenters. The second kappa shape index (κ2) is 7.17. The summed E-state index contributed by atoms with van der Waals surface area (Å²) in [6, 6.07) is 0. The van der Waals surface area contributed by atoms with E-state index in [1.807, 2.05) is 0 Å². The van der Waals surface area contributed by atoms with Gasteiger partial charge in [-0.05, 0) is 26.7 Å². The van der Waals surface area contributed by atoms with Crippen LogP contribution in [0.1, 0.15) is 39.5 Å². The van der Waals surface area contributed by atoms with Gasteiger partial charge in [0.2, 0.25) is 0 Å². The maximum absolute atomic E-state index is 12.1. The number of rotatable bonds is 8. The molecule has 0 N–H and O–H groups in total. The van der Waals surface area contributed by atoms with Crippen LogP contribution < -0.4 is 0 Å². The van der Waals surface area contributed by atoms with Crippen LogP contribution in [0.2, 0.25) is 0 Å². The Bertz CT molecular complexity index is 342. The van der Waals surface area contributed by atoms with E-state index in [1.54, 1.807) is 13.8 Å². The van der Waals surface area contributed by atoms with Crippen molar-refractivity contribution in [1.29, 1.82) is 0 Å². The van der Waals surface area contributed by atoms with Crippen LogP contribution in [0, 0.1) is 5.92 Å². The molecule has 0 saturated heterocycles. The zero-order valence-electron chi connectivity index (χ0n) is 11.0. The van der Waals surface area contributed by atoms with Gasteiger partial charge in [-0.3, -0.25) is 14.2 Å². The normalized spacial score (nSPS) is 20.3. The SMILES string of the molecule is CCOP(=O)(CC(=O)CC1CCCC1=O)OCC. The number of carbonyl (C=O) groups excluding carboxylic acids is 2. The fourth-order valence-corrected chi connectivity index (χ4v) is 3.79. The van der Waals surface area contributed by atoms with Crippen molar-refractivity contribution in [1.82, 2.24) is 0 Å². The monoisotopic (exact) mass is 276 g/mol. The molecule has 1 unspecified atom stereocenters. The van der Waals surface area contributed by atoms with Crippen LogP contribution >= 0.6 is 7.60 Å². The first-order chi connectivity index (χ1) is 8.50. The van der Waals surface area contributed by atoms with E-state index < -0.39 is 7.60 Å². The molecule has 1 saturated carbocycles. The molecule has 0 bridgehead atoms. The van der Waals surface area contributed by atoms with Crippen LogP contribution in [0.4, 0.5) is 0 Å². The minimum absolute atomic E-state index is 0.144. The van der Waals surface area contributed by atoms with E-state index in [9.17, 15) is 14.2 Å². The molecule has 0 spiro atoms. The molecule has 0 aromatic heterocycles. The van der Waals surface area contributed by atoms with Gasteiger partial charge >= 0.3 is 7.60 Å². The van der Waals surface area contributed by atoms with Crippen molar-refractivity contribution in [3.05, 3.63) is 0 Å². The van der Waals surface area contributed by atoms with Crippen molar-refractivity contribution < 1.29 is 23.2 Å². The number of Topliss-reactive ketones (excluding diaryl/α,β-unsaturated/α-hetero) is 2. The summed E-state index contributed by atoms with van der Waals surface area (Å²) in [6.45, 7) is 3.90. The van der Waals surface area contributed by atoms with Crippen LogP contribution in [0.25, 0.3) is 0 Å². The van der Waals surface area contributed by atoms with Gasteiger partial charge in [-0.1, -0.05) is 0 Å². The third-order valence-electron chi connectivity index (χ3n) is 2.93. The molecule has 0 heterocycles. The van der Waals surface area contributed by atoms with Crippen molar-refractivity contribution in [2.45, 2.75) is 39.5 Å². The highest BCUT2D eigenvalue weighted by Crippen LogP contribution is 2.48. The Morgan fingerprint density at radius 3 is 2.39 bits per heavy atom.